The number of carbonyl (C=O) groups is 1. The van der Waals surface area contributed by atoms with Crippen LogP contribution in [0.1, 0.15) is 32.3 Å². The predicted molar refractivity (Wildman–Crippen MR) is 80.2 cm³/mol. The van der Waals surface area contributed by atoms with Crippen LogP contribution in [-0.4, -0.2) is 23.9 Å². The molecule has 1 heterocycles. The molecule has 0 saturated carbocycles. The molecule has 1 aliphatic rings. The van der Waals surface area contributed by atoms with Gasteiger partial charge in [0.25, 0.3) is 0 Å². The largest absolute Gasteiger partial charge is 0.341 e. The van der Waals surface area contributed by atoms with Crippen molar-refractivity contribution < 1.29 is 4.79 Å². The van der Waals surface area contributed by atoms with Gasteiger partial charge in [0, 0.05) is 13.1 Å². The molecule has 19 heavy (non-hydrogen) atoms. The van der Waals surface area contributed by atoms with E-state index in [4.69, 9.17) is 5.73 Å². The number of hydrogen-bond donors (Lipinski definition) is 1. The third kappa shape index (κ3) is 3.28. The summed E-state index contributed by atoms with van der Waals surface area (Å²) in [6.07, 6.45) is 2.24. The van der Waals surface area contributed by atoms with Gasteiger partial charge in [-0.15, -0.1) is 12.4 Å². The maximum Gasteiger partial charge on any atom is 0.246 e. The van der Waals surface area contributed by atoms with E-state index in [0.29, 0.717) is 5.92 Å². The topological polar surface area (TPSA) is 46.3 Å². The van der Waals surface area contributed by atoms with Gasteiger partial charge < -0.3 is 10.6 Å². The van der Waals surface area contributed by atoms with E-state index in [9.17, 15) is 4.79 Å². The third-order valence-electron chi connectivity index (χ3n) is 3.97. The van der Waals surface area contributed by atoms with E-state index in [0.717, 1.165) is 31.5 Å². The van der Waals surface area contributed by atoms with Crippen LogP contribution < -0.4 is 5.73 Å². The summed E-state index contributed by atoms with van der Waals surface area (Å²) in [5, 5.41) is 0. The minimum atomic E-state index is -0.913. The summed E-state index contributed by atoms with van der Waals surface area (Å²) in [5.74, 6) is 0.685. The Labute approximate surface area is 121 Å². The van der Waals surface area contributed by atoms with Gasteiger partial charge in [-0.05, 0) is 24.8 Å². The molecule has 1 saturated heterocycles. The zero-order chi connectivity index (χ0) is 13.2. The van der Waals surface area contributed by atoms with E-state index < -0.39 is 5.54 Å². The van der Waals surface area contributed by atoms with E-state index in [-0.39, 0.29) is 18.3 Å². The van der Waals surface area contributed by atoms with E-state index >= 15 is 0 Å². The van der Waals surface area contributed by atoms with Crippen LogP contribution in [0, 0.1) is 5.92 Å². The molecule has 0 bridgehead atoms. The van der Waals surface area contributed by atoms with Crippen molar-refractivity contribution in [3.63, 3.8) is 0 Å². The zero-order valence-corrected chi connectivity index (χ0v) is 12.5. The number of amides is 1. The molecule has 106 valence electrons. The van der Waals surface area contributed by atoms with Gasteiger partial charge in [-0.1, -0.05) is 43.7 Å². The average molecular weight is 283 g/mol. The standard InChI is InChI=1S/C15H22N2O.ClH/c1-3-12-9-10-17(11-12)14(18)15(2,16)13-7-5-4-6-8-13;/h4-8,12H,3,9-11,16H2,1-2H3;1H. The molecule has 3 nitrogen and oxygen atoms in total. The highest BCUT2D eigenvalue weighted by molar-refractivity contribution is 5.87. The average Bonchev–Trinajstić information content (AvgIpc) is 2.87. The summed E-state index contributed by atoms with van der Waals surface area (Å²) in [7, 11) is 0. The van der Waals surface area contributed by atoms with Gasteiger partial charge in [-0.3, -0.25) is 4.79 Å². The van der Waals surface area contributed by atoms with Crippen molar-refractivity contribution in [3.8, 4) is 0 Å². The van der Waals surface area contributed by atoms with Crippen LogP contribution >= 0.6 is 12.4 Å². The smallest absolute Gasteiger partial charge is 0.246 e. The summed E-state index contributed by atoms with van der Waals surface area (Å²) in [6, 6.07) is 9.63. The molecular formula is C15H23ClN2O. The maximum absolute atomic E-state index is 12.5. The molecule has 2 unspecified atom stereocenters. The van der Waals surface area contributed by atoms with E-state index in [1.807, 2.05) is 42.2 Å². The van der Waals surface area contributed by atoms with Gasteiger partial charge in [0.05, 0.1) is 0 Å². The van der Waals surface area contributed by atoms with Crippen molar-refractivity contribution in [1.82, 2.24) is 4.90 Å². The fourth-order valence-corrected chi connectivity index (χ4v) is 2.59. The Morgan fingerprint density at radius 3 is 2.58 bits per heavy atom. The van der Waals surface area contributed by atoms with Crippen LogP contribution in [0.15, 0.2) is 30.3 Å². The van der Waals surface area contributed by atoms with Gasteiger partial charge in [-0.25, -0.2) is 0 Å². The number of rotatable bonds is 3. The van der Waals surface area contributed by atoms with Crippen LogP contribution in [0.3, 0.4) is 0 Å². The van der Waals surface area contributed by atoms with Crippen LogP contribution in [0.5, 0.6) is 0 Å². The summed E-state index contributed by atoms with van der Waals surface area (Å²) in [4.78, 5) is 14.4. The van der Waals surface area contributed by atoms with Gasteiger partial charge in [-0.2, -0.15) is 0 Å². The van der Waals surface area contributed by atoms with Gasteiger partial charge >= 0.3 is 0 Å². The summed E-state index contributed by atoms with van der Waals surface area (Å²) in [5.41, 5.74) is 6.23. The number of halogens is 1. The Bertz CT molecular complexity index is 419. The normalized spacial score (nSPS) is 21.6. The Balaban J connectivity index is 0.00000180. The SMILES string of the molecule is CCC1CCN(C(=O)C(C)(N)c2ccccc2)C1.Cl. The molecule has 0 spiro atoms. The van der Waals surface area contributed by atoms with Gasteiger partial charge in [0.15, 0.2) is 0 Å². The Morgan fingerprint density at radius 1 is 1.42 bits per heavy atom. The highest BCUT2D eigenvalue weighted by Crippen LogP contribution is 2.25. The number of hydrogen-bond acceptors (Lipinski definition) is 2. The molecule has 1 aliphatic heterocycles. The summed E-state index contributed by atoms with van der Waals surface area (Å²) in [6.45, 7) is 5.69. The van der Waals surface area contributed by atoms with Crippen molar-refractivity contribution in [1.29, 1.82) is 0 Å². The third-order valence-corrected chi connectivity index (χ3v) is 3.97. The lowest BCUT2D eigenvalue weighted by atomic mass is 9.92. The number of nitrogens with zero attached hydrogens (tertiary/aromatic N) is 1. The molecule has 0 aromatic heterocycles. The molecule has 1 amide bonds. The summed E-state index contributed by atoms with van der Waals surface area (Å²) < 4.78 is 0. The first-order valence-electron chi connectivity index (χ1n) is 6.69. The zero-order valence-electron chi connectivity index (χ0n) is 11.6. The number of likely N-dealkylation sites (tertiary alicyclic amines) is 1. The summed E-state index contributed by atoms with van der Waals surface area (Å²) >= 11 is 0. The molecule has 2 rings (SSSR count). The predicted octanol–water partition coefficient (Wildman–Crippen LogP) is 2.54. The monoisotopic (exact) mass is 282 g/mol. The second-order valence-electron chi connectivity index (χ2n) is 5.38. The molecule has 1 aromatic carbocycles. The highest BCUT2D eigenvalue weighted by atomic mass is 35.5. The molecule has 0 aliphatic carbocycles. The van der Waals surface area contributed by atoms with Gasteiger partial charge in [0.1, 0.15) is 5.54 Å². The van der Waals surface area contributed by atoms with Crippen molar-refractivity contribution in [2.75, 3.05) is 13.1 Å². The van der Waals surface area contributed by atoms with Crippen LogP contribution in [0.4, 0.5) is 0 Å². The quantitative estimate of drug-likeness (QED) is 0.926. The van der Waals surface area contributed by atoms with Crippen molar-refractivity contribution in [2.45, 2.75) is 32.2 Å². The van der Waals surface area contributed by atoms with Crippen molar-refractivity contribution in [3.05, 3.63) is 35.9 Å². The van der Waals surface area contributed by atoms with Gasteiger partial charge in [0.2, 0.25) is 5.91 Å². The number of carbonyl (C=O) groups excluding carboxylic acids is 1. The Hall–Kier alpha value is -1.06. The second kappa shape index (κ2) is 6.40. The molecular weight excluding hydrogens is 260 g/mol. The van der Waals surface area contributed by atoms with Crippen LogP contribution in [0.2, 0.25) is 0 Å². The molecule has 2 atom stereocenters. The first-order chi connectivity index (χ1) is 8.55. The van der Waals surface area contributed by atoms with Crippen LogP contribution in [0.25, 0.3) is 0 Å². The fourth-order valence-electron chi connectivity index (χ4n) is 2.59. The van der Waals surface area contributed by atoms with E-state index in [1.54, 1.807) is 0 Å². The van der Waals surface area contributed by atoms with Crippen LogP contribution in [-0.2, 0) is 10.3 Å². The number of benzene rings is 1. The lowest BCUT2D eigenvalue weighted by Gasteiger charge is -2.29. The first kappa shape index (κ1) is 16.0. The Morgan fingerprint density at radius 2 is 2.05 bits per heavy atom. The second-order valence-corrected chi connectivity index (χ2v) is 5.38. The Kier molecular flexibility index (Phi) is 5.39. The van der Waals surface area contributed by atoms with Crippen molar-refractivity contribution in [2.24, 2.45) is 11.7 Å². The minimum Gasteiger partial charge on any atom is -0.341 e. The fraction of sp³-hybridized carbons (Fsp3) is 0.533. The van der Waals surface area contributed by atoms with Crippen molar-refractivity contribution >= 4 is 18.3 Å². The maximum atomic E-state index is 12.5. The lowest BCUT2D eigenvalue weighted by molar-refractivity contribution is -0.135. The molecule has 4 heteroatoms. The lowest BCUT2D eigenvalue weighted by Crippen LogP contribution is -2.50. The van der Waals surface area contributed by atoms with E-state index in [1.165, 1.54) is 0 Å². The molecule has 2 N–H and O–H groups in total. The molecule has 1 aromatic rings. The minimum absolute atomic E-state index is 0. The first-order valence-corrected chi connectivity index (χ1v) is 6.69. The highest BCUT2D eigenvalue weighted by Gasteiger charge is 2.37. The van der Waals surface area contributed by atoms with E-state index in [2.05, 4.69) is 6.92 Å². The number of nitrogens with two attached hydrogens (primary N) is 1. The molecule has 1 fully saturated rings. The molecule has 0 radical (unpaired) electrons.